The molecule has 0 heterocycles. The Labute approximate surface area is 126 Å². The highest BCUT2D eigenvalue weighted by Gasteiger charge is 2.31. The number of benzene rings is 1. The Morgan fingerprint density at radius 3 is 2.38 bits per heavy atom. The summed E-state index contributed by atoms with van der Waals surface area (Å²) < 4.78 is 5.74. The van der Waals surface area contributed by atoms with E-state index in [0.29, 0.717) is 18.0 Å². The Bertz CT molecular complexity index is 486. The summed E-state index contributed by atoms with van der Waals surface area (Å²) >= 11 is 0. The van der Waals surface area contributed by atoms with Gasteiger partial charge in [-0.2, -0.15) is 0 Å². The predicted molar refractivity (Wildman–Crippen MR) is 82.5 cm³/mol. The number of hydrogen-bond donors (Lipinski definition) is 1. The zero-order chi connectivity index (χ0) is 15.6. The summed E-state index contributed by atoms with van der Waals surface area (Å²) in [7, 11) is 1.73. The van der Waals surface area contributed by atoms with Gasteiger partial charge >= 0.3 is 0 Å². The van der Waals surface area contributed by atoms with Gasteiger partial charge in [-0.15, -0.1) is 0 Å². The average Bonchev–Trinajstić information content (AvgIpc) is 3.21. The van der Waals surface area contributed by atoms with Gasteiger partial charge < -0.3 is 14.7 Å². The highest BCUT2D eigenvalue weighted by molar-refractivity contribution is 5.94. The van der Waals surface area contributed by atoms with Crippen molar-refractivity contribution in [2.45, 2.75) is 45.3 Å². The number of aliphatic hydroxyl groups is 1. The van der Waals surface area contributed by atoms with E-state index in [9.17, 15) is 9.90 Å². The SMILES string of the molecule is CN(CC(O)C1CC1)C(=O)c1ccc(OC(C)(C)C)cc1. The lowest BCUT2D eigenvalue weighted by atomic mass is 10.1. The first-order valence-electron chi connectivity index (χ1n) is 7.49. The van der Waals surface area contributed by atoms with Crippen LogP contribution in [0.15, 0.2) is 24.3 Å². The topological polar surface area (TPSA) is 49.8 Å². The molecule has 4 nitrogen and oxygen atoms in total. The van der Waals surface area contributed by atoms with Gasteiger partial charge in [0.25, 0.3) is 5.91 Å². The fourth-order valence-electron chi connectivity index (χ4n) is 2.23. The molecule has 4 heteroatoms. The van der Waals surface area contributed by atoms with E-state index in [4.69, 9.17) is 4.74 Å². The van der Waals surface area contributed by atoms with Crippen molar-refractivity contribution in [3.8, 4) is 5.75 Å². The lowest BCUT2D eigenvalue weighted by Gasteiger charge is -2.22. The zero-order valence-electron chi connectivity index (χ0n) is 13.3. The van der Waals surface area contributed by atoms with Crippen LogP contribution in [0.4, 0.5) is 0 Å². The molecule has 1 aromatic carbocycles. The smallest absolute Gasteiger partial charge is 0.253 e. The number of hydrogen-bond acceptors (Lipinski definition) is 3. The maximum atomic E-state index is 12.3. The monoisotopic (exact) mass is 291 g/mol. The molecule has 116 valence electrons. The van der Waals surface area contributed by atoms with Crippen LogP contribution >= 0.6 is 0 Å². The fraction of sp³-hybridized carbons (Fsp3) is 0.588. The molecule has 1 aliphatic rings. The first-order valence-corrected chi connectivity index (χ1v) is 7.49. The van der Waals surface area contributed by atoms with Gasteiger partial charge in [0.15, 0.2) is 0 Å². The van der Waals surface area contributed by atoms with E-state index in [2.05, 4.69) is 0 Å². The van der Waals surface area contributed by atoms with Crippen molar-refractivity contribution < 1.29 is 14.6 Å². The van der Waals surface area contributed by atoms with Crippen molar-refractivity contribution in [2.24, 2.45) is 5.92 Å². The molecule has 0 spiro atoms. The number of likely N-dealkylation sites (N-methyl/N-ethyl adjacent to an activating group) is 1. The van der Waals surface area contributed by atoms with Crippen LogP contribution in [0.25, 0.3) is 0 Å². The van der Waals surface area contributed by atoms with Crippen molar-refractivity contribution in [3.63, 3.8) is 0 Å². The highest BCUT2D eigenvalue weighted by atomic mass is 16.5. The molecule has 0 aromatic heterocycles. The van der Waals surface area contributed by atoms with E-state index in [1.54, 1.807) is 24.1 Å². The van der Waals surface area contributed by atoms with E-state index in [-0.39, 0.29) is 11.5 Å². The van der Waals surface area contributed by atoms with E-state index in [1.165, 1.54) is 0 Å². The van der Waals surface area contributed by atoms with Crippen molar-refractivity contribution >= 4 is 5.91 Å². The van der Waals surface area contributed by atoms with Gasteiger partial charge in [0.05, 0.1) is 6.10 Å². The third kappa shape index (κ3) is 4.74. The van der Waals surface area contributed by atoms with Gasteiger partial charge in [-0.1, -0.05) is 0 Å². The van der Waals surface area contributed by atoms with E-state index >= 15 is 0 Å². The summed E-state index contributed by atoms with van der Waals surface area (Å²) in [5, 5.41) is 9.91. The Balaban J connectivity index is 1.95. The molecule has 2 rings (SSSR count). The van der Waals surface area contributed by atoms with Crippen LogP contribution < -0.4 is 4.74 Å². The second-order valence-electron chi connectivity index (χ2n) is 6.83. The van der Waals surface area contributed by atoms with Gasteiger partial charge in [0.1, 0.15) is 11.4 Å². The Morgan fingerprint density at radius 1 is 1.33 bits per heavy atom. The number of carbonyl (C=O) groups excluding carboxylic acids is 1. The molecule has 1 saturated carbocycles. The lowest BCUT2D eigenvalue weighted by molar-refractivity contribution is 0.0645. The summed E-state index contributed by atoms with van der Waals surface area (Å²) in [6, 6.07) is 7.15. The molecule has 0 radical (unpaired) electrons. The van der Waals surface area contributed by atoms with Gasteiger partial charge in [0, 0.05) is 19.2 Å². The second-order valence-corrected chi connectivity index (χ2v) is 6.83. The van der Waals surface area contributed by atoms with E-state index in [0.717, 1.165) is 18.6 Å². The van der Waals surface area contributed by atoms with Crippen molar-refractivity contribution in [2.75, 3.05) is 13.6 Å². The summed E-state index contributed by atoms with van der Waals surface area (Å²) in [5.74, 6) is 1.06. The number of nitrogens with zero attached hydrogens (tertiary/aromatic N) is 1. The quantitative estimate of drug-likeness (QED) is 0.907. The Hall–Kier alpha value is -1.55. The van der Waals surface area contributed by atoms with Crippen LogP contribution in [0.5, 0.6) is 5.75 Å². The van der Waals surface area contributed by atoms with Gasteiger partial charge in [-0.05, 0) is 63.8 Å². The van der Waals surface area contributed by atoms with Crippen LogP contribution in [-0.2, 0) is 0 Å². The van der Waals surface area contributed by atoms with Gasteiger partial charge in [-0.3, -0.25) is 4.79 Å². The van der Waals surface area contributed by atoms with Crippen LogP contribution in [0.2, 0.25) is 0 Å². The minimum atomic E-state index is -0.401. The van der Waals surface area contributed by atoms with Crippen LogP contribution in [-0.4, -0.2) is 41.2 Å². The maximum absolute atomic E-state index is 12.3. The number of ether oxygens (including phenoxy) is 1. The number of rotatable bonds is 5. The van der Waals surface area contributed by atoms with Crippen molar-refractivity contribution in [3.05, 3.63) is 29.8 Å². The molecular formula is C17H25NO3. The summed E-state index contributed by atoms with van der Waals surface area (Å²) in [6.45, 7) is 6.35. The van der Waals surface area contributed by atoms with Crippen LogP contribution in [0.3, 0.4) is 0 Å². The normalized spacial score (nSPS) is 16.4. The van der Waals surface area contributed by atoms with Crippen molar-refractivity contribution in [1.29, 1.82) is 0 Å². The molecule has 0 aliphatic heterocycles. The van der Waals surface area contributed by atoms with Crippen LogP contribution in [0, 0.1) is 5.92 Å². The standard InChI is InChI=1S/C17H25NO3/c1-17(2,3)21-14-9-7-13(8-10-14)16(20)18(4)11-15(19)12-5-6-12/h7-10,12,15,19H,5-6,11H2,1-4H3. The molecule has 1 fully saturated rings. The predicted octanol–water partition coefficient (Wildman–Crippen LogP) is 2.71. The van der Waals surface area contributed by atoms with Gasteiger partial charge in [0.2, 0.25) is 0 Å². The molecule has 1 amide bonds. The Kier molecular flexibility index (Phi) is 4.57. The lowest BCUT2D eigenvalue weighted by Crippen LogP contribution is -2.35. The largest absolute Gasteiger partial charge is 0.488 e. The molecular weight excluding hydrogens is 266 g/mol. The Morgan fingerprint density at radius 2 is 1.90 bits per heavy atom. The molecule has 21 heavy (non-hydrogen) atoms. The van der Waals surface area contributed by atoms with Crippen LogP contribution in [0.1, 0.15) is 44.0 Å². The van der Waals surface area contributed by atoms with E-state index < -0.39 is 6.10 Å². The first kappa shape index (κ1) is 15.8. The highest BCUT2D eigenvalue weighted by Crippen LogP contribution is 2.32. The third-order valence-corrected chi connectivity index (χ3v) is 3.50. The molecule has 1 atom stereocenters. The minimum Gasteiger partial charge on any atom is -0.488 e. The molecule has 1 aromatic rings. The molecule has 0 bridgehead atoms. The second kappa shape index (κ2) is 6.06. The van der Waals surface area contributed by atoms with Gasteiger partial charge in [-0.25, -0.2) is 0 Å². The maximum Gasteiger partial charge on any atom is 0.253 e. The average molecular weight is 291 g/mol. The number of amides is 1. The minimum absolute atomic E-state index is 0.0722. The first-order chi connectivity index (χ1) is 9.76. The summed E-state index contributed by atoms with van der Waals surface area (Å²) in [5.41, 5.74) is 0.359. The summed E-state index contributed by atoms with van der Waals surface area (Å²) in [6.07, 6.45) is 1.74. The zero-order valence-corrected chi connectivity index (χ0v) is 13.3. The molecule has 1 aliphatic carbocycles. The number of carbonyl (C=O) groups is 1. The summed E-state index contributed by atoms with van der Waals surface area (Å²) in [4.78, 5) is 13.9. The third-order valence-electron chi connectivity index (χ3n) is 3.50. The fourth-order valence-corrected chi connectivity index (χ4v) is 2.23. The number of aliphatic hydroxyl groups excluding tert-OH is 1. The van der Waals surface area contributed by atoms with Crippen molar-refractivity contribution in [1.82, 2.24) is 4.90 Å². The molecule has 1 N–H and O–H groups in total. The molecule has 0 saturated heterocycles. The molecule has 1 unspecified atom stereocenters. The van der Waals surface area contributed by atoms with E-state index in [1.807, 2.05) is 32.9 Å².